The van der Waals surface area contributed by atoms with E-state index in [2.05, 4.69) is 5.32 Å². The number of ether oxygens (including phenoxy) is 1. The minimum absolute atomic E-state index is 0.0538. The molecule has 6 heteroatoms. The molecule has 24 heavy (non-hydrogen) atoms. The molecule has 1 N–H and O–H groups in total. The quantitative estimate of drug-likeness (QED) is 0.940. The van der Waals surface area contributed by atoms with Gasteiger partial charge in [0.2, 0.25) is 5.91 Å². The zero-order valence-corrected chi connectivity index (χ0v) is 13.0. The van der Waals surface area contributed by atoms with Gasteiger partial charge >= 0.3 is 0 Å². The number of anilines is 2. The molecule has 1 unspecified atom stereocenters. The van der Waals surface area contributed by atoms with Gasteiger partial charge in [-0.05, 0) is 37.3 Å². The Morgan fingerprint density at radius 3 is 2.88 bits per heavy atom. The molecule has 0 bridgehead atoms. The second kappa shape index (κ2) is 6.42. The minimum Gasteiger partial charge on any atom is -0.481 e. The molecule has 2 aromatic carbocycles. The predicted octanol–water partition coefficient (Wildman–Crippen LogP) is 2.31. The number of hydrogen-bond donors (Lipinski definition) is 1. The van der Waals surface area contributed by atoms with Crippen LogP contribution in [0.1, 0.15) is 12.5 Å². The molecule has 0 spiro atoms. The number of rotatable bonds is 3. The Morgan fingerprint density at radius 2 is 2.08 bits per heavy atom. The maximum Gasteiger partial charge on any atom is 0.268 e. The van der Waals surface area contributed by atoms with Crippen molar-refractivity contribution in [1.82, 2.24) is 0 Å². The van der Waals surface area contributed by atoms with Crippen molar-refractivity contribution in [2.45, 2.75) is 13.0 Å². The number of nitrogens with zero attached hydrogens (tertiary/aromatic N) is 2. The van der Waals surface area contributed by atoms with Crippen molar-refractivity contribution in [2.75, 3.05) is 16.8 Å². The van der Waals surface area contributed by atoms with E-state index in [0.29, 0.717) is 22.7 Å². The van der Waals surface area contributed by atoms with Gasteiger partial charge in [-0.25, -0.2) is 0 Å². The number of para-hydroxylation sites is 2. The summed E-state index contributed by atoms with van der Waals surface area (Å²) in [4.78, 5) is 26.0. The lowest BCUT2D eigenvalue weighted by atomic mass is 10.1. The summed E-state index contributed by atoms with van der Waals surface area (Å²) in [7, 11) is 0. The average molecular weight is 321 g/mol. The van der Waals surface area contributed by atoms with Crippen LogP contribution in [0.5, 0.6) is 5.75 Å². The third kappa shape index (κ3) is 3.06. The molecule has 6 nitrogen and oxygen atoms in total. The Kier molecular flexibility index (Phi) is 4.17. The largest absolute Gasteiger partial charge is 0.481 e. The number of hydrogen-bond acceptors (Lipinski definition) is 4. The highest BCUT2D eigenvalue weighted by Gasteiger charge is 2.30. The highest BCUT2D eigenvalue weighted by Crippen LogP contribution is 2.29. The van der Waals surface area contributed by atoms with Gasteiger partial charge in [-0.1, -0.05) is 18.2 Å². The van der Waals surface area contributed by atoms with Crippen molar-refractivity contribution >= 4 is 23.2 Å². The number of carbonyl (C=O) groups is 2. The molecular formula is C18H15N3O3. The van der Waals surface area contributed by atoms with Gasteiger partial charge in [0, 0.05) is 0 Å². The van der Waals surface area contributed by atoms with Crippen molar-refractivity contribution < 1.29 is 14.3 Å². The summed E-state index contributed by atoms with van der Waals surface area (Å²) >= 11 is 0. The Morgan fingerprint density at radius 1 is 1.29 bits per heavy atom. The molecule has 0 saturated heterocycles. The molecule has 1 aliphatic rings. The number of amides is 2. The van der Waals surface area contributed by atoms with E-state index in [9.17, 15) is 9.59 Å². The van der Waals surface area contributed by atoms with E-state index < -0.39 is 6.10 Å². The topological polar surface area (TPSA) is 82.4 Å². The van der Waals surface area contributed by atoms with Crippen molar-refractivity contribution in [3.63, 3.8) is 0 Å². The van der Waals surface area contributed by atoms with E-state index in [-0.39, 0.29) is 18.4 Å². The lowest BCUT2D eigenvalue weighted by Gasteiger charge is -2.31. The lowest BCUT2D eigenvalue weighted by Crippen LogP contribution is -2.47. The number of fused-ring (bicyclic) bond motifs is 1. The minimum atomic E-state index is -0.794. The Balaban J connectivity index is 1.81. The van der Waals surface area contributed by atoms with Crippen LogP contribution in [0.3, 0.4) is 0 Å². The molecule has 2 aromatic rings. The normalized spacial score (nSPS) is 14.2. The van der Waals surface area contributed by atoms with Crippen molar-refractivity contribution in [3.8, 4) is 11.8 Å². The fraction of sp³-hybridized carbons (Fsp3) is 0.167. The van der Waals surface area contributed by atoms with E-state index in [1.165, 1.54) is 4.90 Å². The average Bonchev–Trinajstić information content (AvgIpc) is 2.60. The predicted molar refractivity (Wildman–Crippen MR) is 88.7 cm³/mol. The van der Waals surface area contributed by atoms with Crippen LogP contribution >= 0.6 is 0 Å². The molecule has 0 radical (unpaired) electrons. The van der Waals surface area contributed by atoms with E-state index in [1.54, 1.807) is 55.5 Å². The lowest BCUT2D eigenvalue weighted by molar-refractivity contribution is -0.126. The van der Waals surface area contributed by atoms with Gasteiger partial charge in [0.15, 0.2) is 6.10 Å². The summed E-state index contributed by atoms with van der Waals surface area (Å²) in [5.41, 5.74) is 1.69. The number of nitriles is 1. The van der Waals surface area contributed by atoms with Crippen LogP contribution in [-0.2, 0) is 9.59 Å². The van der Waals surface area contributed by atoms with Crippen LogP contribution in [0.25, 0.3) is 0 Å². The third-order valence-corrected chi connectivity index (χ3v) is 3.66. The standard InChI is InChI=1S/C18H15N3O3/c1-12(24-14-6-4-5-13(9-14)10-19)18(23)21-11-17(22)20-15-7-2-3-8-16(15)21/h2-9,12H,11H2,1H3,(H,20,22). The van der Waals surface area contributed by atoms with Crippen molar-refractivity contribution in [2.24, 2.45) is 0 Å². The summed E-state index contributed by atoms with van der Waals surface area (Å²) in [5, 5.41) is 11.7. The molecule has 1 heterocycles. The Bertz CT molecular complexity index is 841. The highest BCUT2D eigenvalue weighted by molar-refractivity contribution is 6.10. The molecule has 0 aliphatic carbocycles. The molecule has 3 rings (SSSR count). The summed E-state index contributed by atoms with van der Waals surface area (Å²) < 4.78 is 5.65. The molecule has 0 saturated carbocycles. The first-order valence-electron chi connectivity index (χ1n) is 7.45. The summed E-state index contributed by atoms with van der Waals surface area (Å²) in [6.07, 6.45) is -0.794. The van der Waals surface area contributed by atoms with Gasteiger partial charge in [0.25, 0.3) is 5.91 Å². The van der Waals surface area contributed by atoms with Crippen molar-refractivity contribution in [3.05, 3.63) is 54.1 Å². The first-order chi connectivity index (χ1) is 11.6. The van der Waals surface area contributed by atoms with E-state index in [4.69, 9.17) is 10.00 Å². The zero-order valence-electron chi connectivity index (χ0n) is 13.0. The first kappa shape index (κ1) is 15.6. The molecular weight excluding hydrogens is 306 g/mol. The number of nitrogens with one attached hydrogen (secondary N) is 1. The van der Waals surface area contributed by atoms with Crippen molar-refractivity contribution in [1.29, 1.82) is 5.26 Å². The fourth-order valence-electron chi connectivity index (χ4n) is 2.54. The zero-order chi connectivity index (χ0) is 17.1. The maximum atomic E-state index is 12.7. The Hall–Kier alpha value is -3.33. The molecule has 120 valence electrons. The maximum absolute atomic E-state index is 12.7. The van der Waals surface area contributed by atoms with Gasteiger partial charge in [-0.2, -0.15) is 5.26 Å². The van der Waals surface area contributed by atoms with E-state index in [0.717, 1.165) is 0 Å². The molecule has 1 aliphatic heterocycles. The van der Waals surface area contributed by atoms with Gasteiger partial charge < -0.3 is 10.1 Å². The van der Waals surface area contributed by atoms with Crippen LogP contribution in [0.15, 0.2) is 48.5 Å². The smallest absolute Gasteiger partial charge is 0.268 e. The van der Waals surface area contributed by atoms with Gasteiger partial charge in [0.05, 0.1) is 23.0 Å². The van der Waals surface area contributed by atoms with Gasteiger partial charge in [0.1, 0.15) is 12.3 Å². The van der Waals surface area contributed by atoms with Crippen LogP contribution < -0.4 is 15.0 Å². The Labute approximate surface area is 139 Å². The molecule has 0 fully saturated rings. The van der Waals surface area contributed by atoms with E-state index in [1.807, 2.05) is 6.07 Å². The second-order valence-electron chi connectivity index (χ2n) is 5.39. The van der Waals surface area contributed by atoms with Crippen LogP contribution in [-0.4, -0.2) is 24.5 Å². The molecule has 2 amide bonds. The molecule has 0 aromatic heterocycles. The number of carbonyl (C=O) groups excluding carboxylic acids is 2. The molecule has 1 atom stereocenters. The van der Waals surface area contributed by atoms with Gasteiger partial charge in [-0.15, -0.1) is 0 Å². The SMILES string of the molecule is CC(Oc1cccc(C#N)c1)C(=O)N1CC(=O)Nc2ccccc21. The van der Waals surface area contributed by atoms with Gasteiger partial charge in [-0.3, -0.25) is 14.5 Å². The fourth-order valence-corrected chi connectivity index (χ4v) is 2.54. The third-order valence-electron chi connectivity index (χ3n) is 3.66. The number of benzene rings is 2. The summed E-state index contributed by atoms with van der Waals surface area (Å²) in [5.74, 6) is -0.134. The monoisotopic (exact) mass is 321 g/mol. The van der Waals surface area contributed by atoms with Crippen LogP contribution in [0.4, 0.5) is 11.4 Å². The van der Waals surface area contributed by atoms with E-state index >= 15 is 0 Å². The first-order valence-corrected chi connectivity index (χ1v) is 7.45. The second-order valence-corrected chi connectivity index (χ2v) is 5.39. The van der Waals surface area contributed by atoms with Crippen LogP contribution in [0, 0.1) is 11.3 Å². The summed E-state index contributed by atoms with van der Waals surface area (Å²) in [6.45, 7) is 1.57. The summed E-state index contributed by atoms with van der Waals surface area (Å²) in [6, 6.07) is 15.7. The highest BCUT2D eigenvalue weighted by atomic mass is 16.5. The van der Waals surface area contributed by atoms with Crippen LogP contribution in [0.2, 0.25) is 0 Å².